The minimum absolute atomic E-state index is 0.0994. The van der Waals surface area contributed by atoms with E-state index >= 15 is 0 Å². The maximum atomic E-state index is 9.61. The van der Waals surface area contributed by atoms with Crippen LogP contribution in [0.2, 0.25) is 0 Å². The summed E-state index contributed by atoms with van der Waals surface area (Å²) < 4.78 is 6.10. The second kappa shape index (κ2) is 8.36. The van der Waals surface area contributed by atoms with E-state index in [1.165, 1.54) is 11.1 Å². The smallest absolute Gasteiger partial charge is 0.235 e. The standard InChI is InChI=1S/C26H29N3O/c1-26(2,3)22-11-9-21(10-12-22)24-28-23(18-27)25(30-24)29-15-13-20(14-16-29)17-19-7-5-4-6-8-19/h4-12,20H,13-17H2,1-3H3. The van der Waals surface area contributed by atoms with Gasteiger partial charge in [-0.15, -0.1) is 0 Å². The molecule has 0 N–H and O–H groups in total. The highest BCUT2D eigenvalue weighted by Gasteiger charge is 2.26. The fraction of sp³-hybridized carbons (Fsp3) is 0.385. The zero-order chi connectivity index (χ0) is 21.1. The summed E-state index contributed by atoms with van der Waals surface area (Å²) >= 11 is 0. The molecule has 4 heteroatoms. The van der Waals surface area contributed by atoms with E-state index in [-0.39, 0.29) is 5.41 Å². The van der Waals surface area contributed by atoms with Crippen LogP contribution < -0.4 is 4.90 Å². The highest BCUT2D eigenvalue weighted by molar-refractivity contribution is 5.60. The van der Waals surface area contributed by atoms with Gasteiger partial charge in [0.25, 0.3) is 0 Å². The summed E-state index contributed by atoms with van der Waals surface area (Å²) in [6.07, 6.45) is 3.30. The molecule has 0 atom stereocenters. The van der Waals surface area contributed by atoms with E-state index in [4.69, 9.17) is 4.42 Å². The van der Waals surface area contributed by atoms with E-state index in [9.17, 15) is 5.26 Å². The normalized spacial score (nSPS) is 15.2. The number of benzene rings is 2. The van der Waals surface area contributed by atoms with Crippen LogP contribution in [-0.2, 0) is 11.8 Å². The average Bonchev–Trinajstić information content (AvgIpc) is 3.19. The molecule has 0 radical (unpaired) electrons. The minimum Gasteiger partial charge on any atom is -0.419 e. The number of nitriles is 1. The van der Waals surface area contributed by atoms with Gasteiger partial charge < -0.3 is 9.32 Å². The number of oxazole rings is 1. The molecule has 1 aliphatic rings. The zero-order valence-electron chi connectivity index (χ0n) is 18.1. The molecular formula is C26H29N3O. The summed E-state index contributed by atoms with van der Waals surface area (Å²) in [6.45, 7) is 8.37. The molecule has 0 unspecified atom stereocenters. The molecule has 0 amide bonds. The first kappa shape index (κ1) is 20.2. The SMILES string of the molecule is CC(C)(C)c1ccc(-c2nc(C#N)c(N3CCC(Cc4ccccc4)CC3)o2)cc1. The van der Waals surface area contributed by atoms with Crippen LogP contribution in [0.25, 0.3) is 11.5 Å². The Morgan fingerprint density at radius 3 is 2.30 bits per heavy atom. The molecule has 2 heterocycles. The van der Waals surface area contributed by atoms with Crippen LogP contribution in [-0.4, -0.2) is 18.1 Å². The molecule has 2 aromatic carbocycles. The molecule has 0 aliphatic carbocycles. The van der Waals surface area contributed by atoms with Crippen molar-refractivity contribution >= 4 is 5.88 Å². The van der Waals surface area contributed by atoms with Gasteiger partial charge in [-0.1, -0.05) is 63.2 Å². The first-order chi connectivity index (χ1) is 14.4. The Labute approximate surface area is 179 Å². The minimum atomic E-state index is 0.0994. The van der Waals surface area contributed by atoms with Crippen molar-refractivity contribution in [2.75, 3.05) is 18.0 Å². The second-order valence-electron chi connectivity index (χ2n) is 9.23. The average molecular weight is 400 g/mol. The van der Waals surface area contributed by atoms with Crippen LogP contribution in [0.15, 0.2) is 59.0 Å². The topological polar surface area (TPSA) is 53.1 Å². The van der Waals surface area contributed by atoms with Crippen molar-refractivity contribution in [3.63, 3.8) is 0 Å². The summed E-state index contributed by atoms with van der Waals surface area (Å²) in [5, 5.41) is 9.61. The Hall–Kier alpha value is -3.06. The summed E-state index contributed by atoms with van der Waals surface area (Å²) in [4.78, 5) is 6.66. The number of anilines is 1. The van der Waals surface area contributed by atoms with Gasteiger partial charge in [-0.05, 0) is 53.9 Å². The van der Waals surface area contributed by atoms with Crippen LogP contribution in [0.1, 0.15) is 50.4 Å². The predicted octanol–water partition coefficient (Wildman–Crippen LogP) is 5.97. The quantitative estimate of drug-likeness (QED) is 0.542. The van der Waals surface area contributed by atoms with E-state index in [1.807, 2.05) is 12.1 Å². The number of nitrogens with zero attached hydrogens (tertiary/aromatic N) is 3. The van der Waals surface area contributed by atoms with Crippen LogP contribution in [0.3, 0.4) is 0 Å². The summed E-state index contributed by atoms with van der Waals surface area (Å²) in [5.74, 6) is 1.81. The summed E-state index contributed by atoms with van der Waals surface area (Å²) in [7, 11) is 0. The van der Waals surface area contributed by atoms with Gasteiger partial charge in [0, 0.05) is 18.7 Å². The molecule has 1 saturated heterocycles. The number of hydrogen-bond acceptors (Lipinski definition) is 4. The maximum absolute atomic E-state index is 9.61. The van der Waals surface area contributed by atoms with Gasteiger partial charge in [-0.2, -0.15) is 10.2 Å². The van der Waals surface area contributed by atoms with Crippen LogP contribution >= 0.6 is 0 Å². The molecule has 1 aromatic heterocycles. The lowest BCUT2D eigenvalue weighted by molar-refractivity contribution is 0.389. The first-order valence-electron chi connectivity index (χ1n) is 10.7. The molecule has 0 saturated carbocycles. The first-order valence-corrected chi connectivity index (χ1v) is 10.7. The molecule has 154 valence electrons. The number of rotatable bonds is 4. The summed E-state index contributed by atoms with van der Waals surface area (Å²) in [5.41, 5.74) is 4.05. The molecule has 1 fully saturated rings. The summed E-state index contributed by atoms with van der Waals surface area (Å²) in [6, 6.07) is 21.2. The lowest BCUT2D eigenvalue weighted by Crippen LogP contribution is -2.34. The largest absolute Gasteiger partial charge is 0.419 e. The Kier molecular flexibility index (Phi) is 5.63. The van der Waals surface area contributed by atoms with Gasteiger partial charge in [0.15, 0.2) is 0 Å². The van der Waals surface area contributed by atoms with Crippen molar-refractivity contribution in [1.82, 2.24) is 4.98 Å². The monoisotopic (exact) mass is 399 g/mol. The fourth-order valence-electron chi connectivity index (χ4n) is 4.12. The third kappa shape index (κ3) is 4.41. The van der Waals surface area contributed by atoms with Gasteiger partial charge >= 0.3 is 0 Å². The van der Waals surface area contributed by atoms with E-state index in [0.717, 1.165) is 37.9 Å². The lowest BCUT2D eigenvalue weighted by Gasteiger charge is -2.31. The van der Waals surface area contributed by atoms with Gasteiger partial charge in [0.05, 0.1) is 0 Å². The number of piperidine rings is 1. The zero-order valence-corrected chi connectivity index (χ0v) is 18.1. The highest BCUT2D eigenvalue weighted by atomic mass is 16.4. The number of aromatic nitrogens is 1. The van der Waals surface area contributed by atoms with Crippen LogP contribution in [0.5, 0.6) is 0 Å². The highest BCUT2D eigenvalue weighted by Crippen LogP contribution is 2.33. The molecule has 1 aliphatic heterocycles. The van der Waals surface area contributed by atoms with Crippen molar-refractivity contribution in [2.24, 2.45) is 5.92 Å². The van der Waals surface area contributed by atoms with E-state index in [2.05, 4.69) is 79.2 Å². The molecule has 30 heavy (non-hydrogen) atoms. The predicted molar refractivity (Wildman–Crippen MR) is 120 cm³/mol. The van der Waals surface area contributed by atoms with Crippen molar-refractivity contribution in [3.8, 4) is 17.5 Å². The molecule has 0 spiro atoms. The molecule has 4 nitrogen and oxygen atoms in total. The Balaban J connectivity index is 1.47. The fourth-order valence-corrected chi connectivity index (χ4v) is 4.12. The molecule has 3 aromatic rings. The lowest BCUT2D eigenvalue weighted by atomic mass is 9.87. The van der Waals surface area contributed by atoms with Crippen molar-refractivity contribution in [3.05, 3.63) is 71.4 Å². The van der Waals surface area contributed by atoms with E-state index in [0.29, 0.717) is 23.4 Å². The van der Waals surface area contributed by atoms with E-state index < -0.39 is 0 Å². The third-order valence-electron chi connectivity index (χ3n) is 5.98. The second-order valence-corrected chi connectivity index (χ2v) is 9.23. The maximum Gasteiger partial charge on any atom is 0.235 e. The Morgan fingerprint density at radius 2 is 1.70 bits per heavy atom. The van der Waals surface area contributed by atoms with Gasteiger partial charge in [0.2, 0.25) is 17.5 Å². The van der Waals surface area contributed by atoms with Crippen molar-refractivity contribution in [1.29, 1.82) is 5.26 Å². The number of hydrogen-bond donors (Lipinski definition) is 0. The van der Waals surface area contributed by atoms with Crippen molar-refractivity contribution in [2.45, 2.75) is 45.4 Å². The molecule has 0 bridgehead atoms. The van der Waals surface area contributed by atoms with Crippen LogP contribution in [0, 0.1) is 17.2 Å². The Bertz CT molecular complexity index is 1010. The van der Waals surface area contributed by atoms with Gasteiger partial charge in [0.1, 0.15) is 6.07 Å². The van der Waals surface area contributed by atoms with Gasteiger partial charge in [-0.25, -0.2) is 0 Å². The Morgan fingerprint density at radius 1 is 1.03 bits per heavy atom. The third-order valence-corrected chi connectivity index (χ3v) is 5.98. The van der Waals surface area contributed by atoms with Gasteiger partial charge in [-0.3, -0.25) is 0 Å². The molecular weight excluding hydrogens is 370 g/mol. The van der Waals surface area contributed by atoms with E-state index in [1.54, 1.807) is 0 Å². The van der Waals surface area contributed by atoms with Crippen LogP contribution in [0.4, 0.5) is 5.88 Å². The van der Waals surface area contributed by atoms with Crippen molar-refractivity contribution < 1.29 is 4.42 Å². The molecule has 4 rings (SSSR count).